The molecule has 2 aromatic rings. The van der Waals surface area contributed by atoms with Crippen molar-refractivity contribution in [1.29, 1.82) is 0 Å². The van der Waals surface area contributed by atoms with Gasteiger partial charge in [0, 0.05) is 31.8 Å². The number of ether oxygens (including phenoxy) is 1. The molecular formula is C18H21ClN2O3S. The minimum absolute atomic E-state index is 0.253. The van der Waals surface area contributed by atoms with Crippen molar-refractivity contribution in [2.24, 2.45) is 0 Å². The fraction of sp³-hybridized carbons (Fsp3) is 0.333. The Kier molecular flexibility index (Phi) is 5.76. The summed E-state index contributed by atoms with van der Waals surface area (Å²) < 4.78 is 33.4. The van der Waals surface area contributed by atoms with Gasteiger partial charge in [0.05, 0.1) is 17.5 Å². The van der Waals surface area contributed by atoms with Gasteiger partial charge in [-0.2, -0.15) is 4.31 Å². The molecule has 1 atom stereocenters. The van der Waals surface area contributed by atoms with Gasteiger partial charge in [-0.1, -0.05) is 41.9 Å². The third-order valence-corrected chi connectivity index (χ3v) is 6.53. The molecule has 25 heavy (non-hydrogen) atoms. The number of nitrogens with one attached hydrogen (secondary N) is 1. The Labute approximate surface area is 153 Å². The zero-order valence-corrected chi connectivity index (χ0v) is 15.6. The van der Waals surface area contributed by atoms with Gasteiger partial charge in [-0.3, -0.25) is 0 Å². The summed E-state index contributed by atoms with van der Waals surface area (Å²) >= 11 is 6.10. The second-order valence-electron chi connectivity index (χ2n) is 5.93. The number of sulfonamides is 1. The topological polar surface area (TPSA) is 58.6 Å². The van der Waals surface area contributed by atoms with Gasteiger partial charge in [-0.15, -0.1) is 0 Å². The molecule has 0 saturated carbocycles. The second-order valence-corrected chi connectivity index (χ2v) is 8.23. The third-order valence-electron chi connectivity index (χ3n) is 4.29. The summed E-state index contributed by atoms with van der Waals surface area (Å²) in [7, 11) is -2.10. The van der Waals surface area contributed by atoms with Crippen molar-refractivity contribution in [1.82, 2.24) is 9.62 Å². The fourth-order valence-electron chi connectivity index (χ4n) is 3.13. The number of methoxy groups -OCH3 is 1. The van der Waals surface area contributed by atoms with Gasteiger partial charge in [-0.05, 0) is 29.3 Å². The van der Waals surface area contributed by atoms with Crippen LogP contribution in [0.25, 0.3) is 0 Å². The number of benzene rings is 2. The van der Waals surface area contributed by atoms with Gasteiger partial charge in [-0.25, -0.2) is 8.42 Å². The highest BCUT2D eigenvalue weighted by Gasteiger charge is 2.35. The second kappa shape index (κ2) is 7.85. The number of piperazine rings is 1. The van der Waals surface area contributed by atoms with Gasteiger partial charge in [0.2, 0.25) is 10.0 Å². The molecule has 5 nitrogen and oxygen atoms in total. The smallest absolute Gasteiger partial charge is 0.244 e. The van der Waals surface area contributed by atoms with Gasteiger partial charge in [0.1, 0.15) is 0 Å². The Hall–Kier alpha value is -1.44. The summed E-state index contributed by atoms with van der Waals surface area (Å²) in [5, 5.41) is 3.87. The van der Waals surface area contributed by atoms with Crippen LogP contribution in [-0.4, -0.2) is 39.5 Å². The molecule has 0 radical (unpaired) electrons. The Morgan fingerprint density at radius 1 is 1.24 bits per heavy atom. The minimum Gasteiger partial charge on any atom is -0.380 e. The van der Waals surface area contributed by atoms with Crippen LogP contribution in [0.2, 0.25) is 5.02 Å². The first-order valence-corrected chi connectivity index (χ1v) is 9.90. The average molecular weight is 381 g/mol. The van der Waals surface area contributed by atoms with Gasteiger partial charge < -0.3 is 10.1 Å². The molecule has 7 heteroatoms. The zero-order valence-electron chi connectivity index (χ0n) is 14.0. The summed E-state index contributed by atoms with van der Waals surface area (Å²) in [6, 6.07) is 14.0. The minimum atomic E-state index is -3.65. The molecule has 1 heterocycles. The van der Waals surface area contributed by atoms with Crippen LogP contribution in [0.4, 0.5) is 0 Å². The maximum Gasteiger partial charge on any atom is 0.244 e. The maximum atomic E-state index is 13.4. The lowest BCUT2D eigenvalue weighted by molar-refractivity contribution is 0.182. The first-order valence-electron chi connectivity index (χ1n) is 8.09. The summed E-state index contributed by atoms with van der Waals surface area (Å²) in [4.78, 5) is 0.297. The van der Waals surface area contributed by atoms with Gasteiger partial charge >= 0.3 is 0 Å². The van der Waals surface area contributed by atoms with Crippen molar-refractivity contribution in [3.8, 4) is 0 Å². The normalized spacial score (nSPS) is 19.0. The van der Waals surface area contributed by atoms with Crippen LogP contribution in [0.5, 0.6) is 0 Å². The van der Waals surface area contributed by atoms with Crippen molar-refractivity contribution in [2.45, 2.75) is 17.5 Å². The Morgan fingerprint density at radius 3 is 2.80 bits per heavy atom. The SMILES string of the molecule is COCc1ccccc1S(=O)(=O)N1CCNCC1c1cccc(Cl)c1. The molecule has 1 N–H and O–H groups in total. The van der Waals surface area contributed by atoms with Gasteiger partial charge in [0.15, 0.2) is 0 Å². The van der Waals surface area contributed by atoms with Crippen LogP contribution < -0.4 is 5.32 Å². The monoisotopic (exact) mass is 380 g/mol. The molecule has 134 valence electrons. The van der Waals surface area contributed by atoms with Crippen molar-refractivity contribution in [3.05, 3.63) is 64.7 Å². The van der Waals surface area contributed by atoms with Crippen LogP contribution in [-0.2, 0) is 21.4 Å². The van der Waals surface area contributed by atoms with E-state index in [1.807, 2.05) is 24.3 Å². The highest BCUT2D eigenvalue weighted by molar-refractivity contribution is 7.89. The Morgan fingerprint density at radius 2 is 2.04 bits per heavy atom. The summed E-state index contributed by atoms with van der Waals surface area (Å²) in [6.07, 6.45) is 0. The third kappa shape index (κ3) is 3.88. The predicted molar refractivity (Wildman–Crippen MR) is 98.1 cm³/mol. The van der Waals surface area contributed by atoms with E-state index >= 15 is 0 Å². The lowest BCUT2D eigenvalue weighted by Gasteiger charge is -2.36. The molecule has 2 aromatic carbocycles. The summed E-state index contributed by atoms with van der Waals surface area (Å²) in [6.45, 7) is 1.82. The quantitative estimate of drug-likeness (QED) is 0.866. The molecule has 0 bridgehead atoms. The fourth-order valence-corrected chi connectivity index (χ4v) is 5.15. The average Bonchev–Trinajstić information content (AvgIpc) is 2.62. The van der Waals surface area contributed by atoms with Crippen molar-refractivity contribution >= 4 is 21.6 Å². The molecule has 1 unspecified atom stereocenters. The van der Waals surface area contributed by atoms with Crippen LogP contribution in [0.15, 0.2) is 53.4 Å². The molecule has 0 aromatic heterocycles. The van der Waals surface area contributed by atoms with E-state index in [0.29, 0.717) is 35.1 Å². The van der Waals surface area contributed by atoms with E-state index in [1.165, 1.54) is 0 Å². The predicted octanol–water partition coefficient (Wildman–Crippen LogP) is 2.82. The van der Waals surface area contributed by atoms with E-state index in [2.05, 4.69) is 5.32 Å². The summed E-state index contributed by atoms with van der Waals surface area (Å²) in [5.41, 5.74) is 1.54. The summed E-state index contributed by atoms with van der Waals surface area (Å²) in [5.74, 6) is 0. The van der Waals surface area contributed by atoms with E-state index in [0.717, 1.165) is 5.56 Å². The molecule has 1 aliphatic heterocycles. The molecule has 3 rings (SSSR count). The molecule has 1 fully saturated rings. The van der Waals surface area contributed by atoms with E-state index in [9.17, 15) is 8.42 Å². The lowest BCUT2D eigenvalue weighted by Crippen LogP contribution is -2.48. The van der Waals surface area contributed by atoms with E-state index < -0.39 is 10.0 Å². The van der Waals surface area contributed by atoms with Crippen molar-refractivity contribution < 1.29 is 13.2 Å². The van der Waals surface area contributed by atoms with Crippen molar-refractivity contribution in [3.63, 3.8) is 0 Å². The van der Waals surface area contributed by atoms with E-state index in [-0.39, 0.29) is 12.6 Å². The number of rotatable bonds is 5. The molecule has 1 saturated heterocycles. The maximum absolute atomic E-state index is 13.4. The molecule has 1 aliphatic rings. The lowest BCUT2D eigenvalue weighted by atomic mass is 10.1. The molecular weight excluding hydrogens is 360 g/mol. The van der Waals surface area contributed by atoms with Crippen LogP contribution in [0, 0.1) is 0 Å². The number of halogens is 1. The van der Waals surface area contributed by atoms with E-state index in [4.69, 9.17) is 16.3 Å². The highest BCUT2D eigenvalue weighted by atomic mass is 35.5. The molecule has 0 spiro atoms. The highest BCUT2D eigenvalue weighted by Crippen LogP contribution is 2.31. The van der Waals surface area contributed by atoms with E-state index in [1.54, 1.807) is 35.7 Å². The Bertz CT molecular complexity index is 842. The first kappa shape index (κ1) is 18.4. The molecule has 0 amide bonds. The first-order chi connectivity index (χ1) is 12.0. The number of hydrogen-bond acceptors (Lipinski definition) is 4. The number of hydrogen-bond donors (Lipinski definition) is 1. The molecule has 0 aliphatic carbocycles. The van der Waals surface area contributed by atoms with Gasteiger partial charge in [0.25, 0.3) is 0 Å². The van der Waals surface area contributed by atoms with Crippen molar-refractivity contribution in [2.75, 3.05) is 26.7 Å². The largest absolute Gasteiger partial charge is 0.380 e. The Balaban J connectivity index is 2.02. The number of nitrogens with zero attached hydrogens (tertiary/aromatic N) is 1. The van der Waals surface area contributed by atoms with Crippen LogP contribution >= 0.6 is 11.6 Å². The zero-order chi connectivity index (χ0) is 17.9. The van der Waals surface area contributed by atoms with Crippen LogP contribution in [0.1, 0.15) is 17.2 Å². The standard InChI is InChI=1S/C18H21ClN2O3S/c1-24-13-15-5-2-3-8-18(15)25(22,23)21-10-9-20-12-17(21)14-6-4-7-16(19)11-14/h2-8,11,17,20H,9-10,12-13H2,1H3. The van der Waals surface area contributed by atoms with Crippen LogP contribution in [0.3, 0.4) is 0 Å².